The van der Waals surface area contributed by atoms with Gasteiger partial charge in [-0.1, -0.05) is 34.4 Å². The fourth-order valence-electron chi connectivity index (χ4n) is 1.47. The van der Waals surface area contributed by atoms with Crippen molar-refractivity contribution in [3.05, 3.63) is 11.9 Å². The van der Waals surface area contributed by atoms with E-state index in [1.165, 1.54) is 25.2 Å². The molecule has 5 nitrogen and oxygen atoms in total. The van der Waals surface area contributed by atoms with Gasteiger partial charge in [-0.2, -0.15) is 0 Å². The Hall–Kier alpha value is -0.570. The van der Waals surface area contributed by atoms with Gasteiger partial charge in [0.2, 0.25) is 5.88 Å². The number of thioether (sulfide) groups is 1. The molecule has 0 amide bonds. The van der Waals surface area contributed by atoms with Crippen molar-refractivity contribution in [2.24, 2.45) is 0 Å². The standard InChI is InChI=1S/C9H9IN2O3S/c1-14-7-4-5(10)6(9(13)15-2)16-8(4)12-3-11-7/h3,5-6H,1-2H3. The Morgan fingerprint density at radius 1 is 1.50 bits per heavy atom. The van der Waals surface area contributed by atoms with Gasteiger partial charge in [0.05, 0.1) is 23.7 Å². The summed E-state index contributed by atoms with van der Waals surface area (Å²) in [5.74, 6) is 0.285. The Balaban J connectivity index is 2.38. The normalized spacial score (nSPS) is 22.7. The number of fused-ring (bicyclic) bond motifs is 1. The highest BCUT2D eigenvalue weighted by molar-refractivity contribution is 14.1. The summed E-state index contributed by atoms with van der Waals surface area (Å²) in [7, 11) is 2.94. The van der Waals surface area contributed by atoms with Gasteiger partial charge in [-0.25, -0.2) is 9.97 Å². The number of hydrogen-bond acceptors (Lipinski definition) is 6. The van der Waals surface area contributed by atoms with Gasteiger partial charge in [-0.15, -0.1) is 0 Å². The predicted octanol–water partition coefficient (Wildman–Crippen LogP) is 1.61. The first-order valence-electron chi connectivity index (χ1n) is 4.46. The first-order valence-corrected chi connectivity index (χ1v) is 6.59. The molecule has 0 saturated carbocycles. The summed E-state index contributed by atoms with van der Waals surface area (Å²) in [6.45, 7) is 0. The van der Waals surface area contributed by atoms with Crippen LogP contribution in [-0.4, -0.2) is 35.4 Å². The molecule has 1 aliphatic heterocycles. The first kappa shape index (κ1) is 11.9. The molecule has 86 valence electrons. The van der Waals surface area contributed by atoms with Gasteiger partial charge in [0.1, 0.15) is 16.6 Å². The third kappa shape index (κ3) is 1.86. The van der Waals surface area contributed by atoms with Crippen LogP contribution in [0.4, 0.5) is 0 Å². The van der Waals surface area contributed by atoms with Crippen LogP contribution in [0.5, 0.6) is 5.88 Å². The van der Waals surface area contributed by atoms with Crippen LogP contribution < -0.4 is 4.74 Å². The zero-order valence-corrected chi connectivity index (χ0v) is 11.6. The lowest BCUT2D eigenvalue weighted by Crippen LogP contribution is -2.19. The number of hydrogen-bond donors (Lipinski definition) is 0. The van der Waals surface area contributed by atoms with E-state index in [-0.39, 0.29) is 15.1 Å². The molecule has 0 N–H and O–H groups in total. The fourth-order valence-corrected chi connectivity index (χ4v) is 4.12. The highest BCUT2D eigenvalue weighted by Gasteiger charge is 2.41. The Morgan fingerprint density at radius 2 is 2.25 bits per heavy atom. The van der Waals surface area contributed by atoms with Gasteiger partial charge in [0.15, 0.2) is 0 Å². The van der Waals surface area contributed by atoms with Crippen molar-refractivity contribution < 1.29 is 14.3 Å². The zero-order chi connectivity index (χ0) is 11.7. The number of nitrogens with zero attached hydrogens (tertiary/aromatic N) is 2. The Kier molecular flexibility index (Phi) is 3.53. The maximum absolute atomic E-state index is 11.6. The molecular weight excluding hydrogens is 343 g/mol. The summed E-state index contributed by atoms with van der Waals surface area (Å²) in [6, 6.07) is 0. The summed E-state index contributed by atoms with van der Waals surface area (Å²) >= 11 is 3.58. The highest BCUT2D eigenvalue weighted by atomic mass is 127. The van der Waals surface area contributed by atoms with E-state index in [1.807, 2.05) is 0 Å². The van der Waals surface area contributed by atoms with E-state index in [2.05, 4.69) is 32.6 Å². The van der Waals surface area contributed by atoms with E-state index in [4.69, 9.17) is 9.47 Å². The van der Waals surface area contributed by atoms with Gasteiger partial charge >= 0.3 is 5.97 Å². The summed E-state index contributed by atoms with van der Waals surface area (Å²) < 4.78 is 9.90. The van der Waals surface area contributed by atoms with Crippen molar-refractivity contribution >= 4 is 40.3 Å². The van der Waals surface area contributed by atoms with Crippen molar-refractivity contribution in [3.8, 4) is 5.88 Å². The molecule has 0 radical (unpaired) electrons. The second-order valence-electron chi connectivity index (χ2n) is 3.07. The second-order valence-corrected chi connectivity index (χ2v) is 5.54. The number of methoxy groups -OCH3 is 2. The van der Waals surface area contributed by atoms with Crippen LogP contribution in [0.2, 0.25) is 0 Å². The molecule has 2 rings (SSSR count). The molecule has 1 aliphatic rings. The number of carbonyl (C=O) groups excluding carboxylic acids is 1. The van der Waals surface area contributed by atoms with E-state index in [0.29, 0.717) is 5.88 Å². The van der Waals surface area contributed by atoms with E-state index in [1.54, 1.807) is 7.11 Å². The summed E-state index contributed by atoms with van der Waals surface area (Å²) in [6.07, 6.45) is 1.44. The smallest absolute Gasteiger partial charge is 0.320 e. The van der Waals surface area contributed by atoms with Gasteiger partial charge in [-0.3, -0.25) is 4.79 Å². The quantitative estimate of drug-likeness (QED) is 0.349. The highest BCUT2D eigenvalue weighted by Crippen LogP contribution is 2.51. The minimum Gasteiger partial charge on any atom is -0.481 e. The molecule has 7 heteroatoms. The average molecular weight is 352 g/mol. The van der Waals surface area contributed by atoms with Crippen molar-refractivity contribution in [1.29, 1.82) is 0 Å². The lowest BCUT2D eigenvalue weighted by Gasteiger charge is -2.11. The van der Waals surface area contributed by atoms with Crippen molar-refractivity contribution in [1.82, 2.24) is 9.97 Å². The van der Waals surface area contributed by atoms with Crippen LogP contribution in [0, 0.1) is 0 Å². The number of aromatic nitrogens is 2. The van der Waals surface area contributed by atoms with Crippen LogP contribution in [0.15, 0.2) is 11.4 Å². The summed E-state index contributed by atoms with van der Waals surface area (Å²) in [5, 5.41) is 0.521. The van der Waals surface area contributed by atoms with Gasteiger partial charge < -0.3 is 9.47 Å². The fraction of sp³-hybridized carbons (Fsp3) is 0.444. The molecule has 1 aromatic rings. The lowest BCUT2D eigenvalue weighted by atomic mass is 10.2. The van der Waals surface area contributed by atoms with Crippen LogP contribution in [0.3, 0.4) is 0 Å². The minimum absolute atomic E-state index is 0.0267. The molecule has 0 aliphatic carbocycles. The third-order valence-corrected chi connectivity index (χ3v) is 5.31. The molecule has 0 bridgehead atoms. The van der Waals surface area contributed by atoms with E-state index >= 15 is 0 Å². The minimum atomic E-state index is -0.272. The molecule has 2 atom stereocenters. The molecule has 0 fully saturated rings. The number of alkyl halides is 1. The third-order valence-electron chi connectivity index (χ3n) is 2.22. The maximum atomic E-state index is 11.6. The average Bonchev–Trinajstić information content (AvgIpc) is 2.66. The van der Waals surface area contributed by atoms with Gasteiger partial charge in [0.25, 0.3) is 0 Å². The first-order chi connectivity index (χ1) is 7.69. The van der Waals surface area contributed by atoms with Crippen molar-refractivity contribution in [2.45, 2.75) is 14.2 Å². The molecule has 2 unspecified atom stereocenters. The lowest BCUT2D eigenvalue weighted by molar-refractivity contribution is -0.139. The maximum Gasteiger partial charge on any atom is 0.320 e. The summed E-state index contributed by atoms with van der Waals surface area (Å²) in [5.41, 5.74) is 0.881. The molecule has 1 aromatic heterocycles. The molecule has 16 heavy (non-hydrogen) atoms. The van der Waals surface area contributed by atoms with Crippen LogP contribution in [-0.2, 0) is 9.53 Å². The van der Waals surface area contributed by atoms with Crippen molar-refractivity contribution in [3.63, 3.8) is 0 Å². The van der Waals surface area contributed by atoms with E-state index < -0.39 is 0 Å². The number of esters is 1. The van der Waals surface area contributed by atoms with Crippen molar-refractivity contribution in [2.75, 3.05) is 14.2 Å². The second kappa shape index (κ2) is 4.74. The Morgan fingerprint density at radius 3 is 2.88 bits per heavy atom. The number of halogens is 1. The van der Waals surface area contributed by atoms with E-state index in [0.717, 1.165) is 10.6 Å². The van der Waals surface area contributed by atoms with E-state index in [9.17, 15) is 4.79 Å². The van der Waals surface area contributed by atoms with Gasteiger partial charge in [0, 0.05) is 0 Å². The van der Waals surface area contributed by atoms with Crippen LogP contribution in [0.1, 0.15) is 9.49 Å². The molecule has 0 spiro atoms. The monoisotopic (exact) mass is 352 g/mol. The van der Waals surface area contributed by atoms with Crippen LogP contribution in [0.25, 0.3) is 0 Å². The van der Waals surface area contributed by atoms with Gasteiger partial charge in [-0.05, 0) is 0 Å². The topological polar surface area (TPSA) is 61.3 Å². The Labute approximate surface area is 110 Å². The molecule has 2 heterocycles. The Bertz CT molecular complexity index is 429. The number of rotatable bonds is 2. The number of ether oxygens (including phenoxy) is 2. The zero-order valence-electron chi connectivity index (χ0n) is 8.64. The predicted molar refractivity (Wildman–Crippen MR) is 67.0 cm³/mol. The molecule has 0 aromatic carbocycles. The SMILES string of the molecule is COC(=O)C1Sc2ncnc(OC)c2C1I. The van der Waals surface area contributed by atoms with Crippen LogP contribution >= 0.6 is 34.4 Å². The molecular formula is C9H9IN2O3S. The largest absolute Gasteiger partial charge is 0.481 e. The summed E-state index contributed by atoms with van der Waals surface area (Å²) in [4.78, 5) is 19.7. The molecule has 0 saturated heterocycles. The number of carbonyl (C=O) groups is 1.